The van der Waals surface area contributed by atoms with E-state index >= 15 is 0 Å². The normalized spacial score (nSPS) is 11.1. The van der Waals surface area contributed by atoms with E-state index in [9.17, 15) is 8.78 Å². The van der Waals surface area contributed by atoms with Crippen LogP contribution in [0.3, 0.4) is 0 Å². The minimum atomic E-state index is -2.45. The van der Waals surface area contributed by atoms with E-state index in [2.05, 4.69) is 10.1 Å². The molecule has 0 saturated heterocycles. The van der Waals surface area contributed by atoms with E-state index in [1.807, 2.05) is 0 Å². The van der Waals surface area contributed by atoms with Gasteiger partial charge in [-0.25, -0.2) is 8.78 Å². The van der Waals surface area contributed by atoms with Gasteiger partial charge in [-0.15, -0.1) is 0 Å². The highest BCUT2D eigenvalue weighted by Crippen LogP contribution is 2.26. The van der Waals surface area contributed by atoms with Crippen molar-refractivity contribution in [2.45, 2.75) is 13.0 Å². The summed E-state index contributed by atoms with van der Waals surface area (Å²) in [4.78, 5) is 4.04. The Morgan fingerprint density at radius 3 is 2.82 bits per heavy atom. The number of nitrogens with zero attached hydrogens (tertiary/aromatic N) is 3. The van der Waals surface area contributed by atoms with Gasteiger partial charge in [0, 0.05) is 11.8 Å². The molecule has 0 aliphatic rings. The molecular formula is C10H9ClF2N4. The number of hydrogen-bond acceptors (Lipinski definition) is 3. The van der Waals surface area contributed by atoms with E-state index < -0.39 is 13.0 Å². The summed E-state index contributed by atoms with van der Waals surface area (Å²) >= 11 is 5.95. The fraction of sp³-hybridized carbons (Fsp3) is 0.200. The topological polar surface area (TPSA) is 56.7 Å². The molecule has 0 radical (unpaired) electrons. The van der Waals surface area contributed by atoms with E-state index in [-0.39, 0.29) is 0 Å². The first-order valence-electron chi connectivity index (χ1n) is 4.78. The van der Waals surface area contributed by atoms with Crippen molar-refractivity contribution < 1.29 is 8.78 Å². The van der Waals surface area contributed by atoms with Crippen LogP contribution in [0.2, 0.25) is 5.02 Å². The Balaban J connectivity index is 2.30. The predicted molar refractivity (Wildman–Crippen MR) is 60.9 cm³/mol. The lowest BCUT2D eigenvalue weighted by molar-refractivity contribution is 0.122. The lowest BCUT2D eigenvalue weighted by Crippen LogP contribution is -2.06. The van der Waals surface area contributed by atoms with Gasteiger partial charge in [-0.2, -0.15) is 5.10 Å². The van der Waals surface area contributed by atoms with Crippen LogP contribution < -0.4 is 5.73 Å². The summed E-state index contributed by atoms with van der Waals surface area (Å²) in [6.45, 7) is -0.452. The second-order valence-corrected chi connectivity index (χ2v) is 3.85. The summed E-state index contributed by atoms with van der Waals surface area (Å²) in [7, 11) is 0. The molecule has 7 heteroatoms. The largest absolute Gasteiger partial charge is 0.397 e. The van der Waals surface area contributed by atoms with Crippen LogP contribution in [0.5, 0.6) is 0 Å². The zero-order valence-electron chi connectivity index (χ0n) is 8.65. The van der Waals surface area contributed by atoms with Gasteiger partial charge < -0.3 is 5.73 Å². The number of hydrogen-bond donors (Lipinski definition) is 1. The smallest absolute Gasteiger partial charge is 0.257 e. The van der Waals surface area contributed by atoms with Crippen molar-refractivity contribution in [1.29, 1.82) is 0 Å². The van der Waals surface area contributed by atoms with E-state index in [4.69, 9.17) is 17.3 Å². The maximum atomic E-state index is 12.1. The molecule has 2 rings (SSSR count). The first kappa shape index (κ1) is 11.8. The van der Waals surface area contributed by atoms with Gasteiger partial charge in [-0.05, 0) is 6.07 Å². The van der Waals surface area contributed by atoms with Gasteiger partial charge in [0.25, 0.3) is 6.43 Å². The lowest BCUT2D eigenvalue weighted by atomic mass is 10.2. The monoisotopic (exact) mass is 258 g/mol. The minimum Gasteiger partial charge on any atom is -0.397 e. The molecule has 0 spiro atoms. The van der Waals surface area contributed by atoms with E-state index in [0.717, 1.165) is 4.68 Å². The average Bonchev–Trinajstić information content (AvgIpc) is 2.65. The molecule has 17 heavy (non-hydrogen) atoms. The summed E-state index contributed by atoms with van der Waals surface area (Å²) < 4.78 is 25.4. The molecule has 0 saturated carbocycles. The molecule has 0 unspecified atom stereocenters. The van der Waals surface area contributed by atoms with Gasteiger partial charge in [0.05, 0.1) is 28.8 Å². The van der Waals surface area contributed by atoms with Crippen LogP contribution in [0.1, 0.15) is 0 Å². The molecule has 4 nitrogen and oxygen atoms in total. The number of nitrogen functional groups attached to an aromatic ring is 1. The lowest BCUT2D eigenvalue weighted by Gasteiger charge is -2.01. The second-order valence-electron chi connectivity index (χ2n) is 3.44. The number of alkyl halides is 2. The molecule has 0 amide bonds. The van der Waals surface area contributed by atoms with Crippen molar-refractivity contribution in [2.24, 2.45) is 0 Å². The first-order chi connectivity index (χ1) is 8.06. The average molecular weight is 259 g/mol. The Labute approximate surface area is 101 Å². The molecule has 2 aromatic rings. The summed E-state index contributed by atoms with van der Waals surface area (Å²) in [6, 6.07) is 1.55. The molecule has 2 N–H and O–H groups in total. The van der Waals surface area contributed by atoms with Crippen molar-refractivity contribution >= 4 is 17.3 Å². The van der Waals surface area contributed by atoms with E-state index in [1.165, 1.54) is 18.6 Å². The first-order valence-corrected chi connectivity index (χ1v) is 5.16. The molecule has 0 fully saturated rings. The number of halogens is 3. The van der Waals surface area contributed by atoms with Crippen LogP contribution in [-0.2, 0) is 6.54 Å². The van der Waals surface area contributed by atoms with Gasteiger partial charge in [0.1, 0.15) is 6.54 Å². The fourth-order valence-corrected chi connectivity index (χ4v) is 1.68. The van der Waals surface area contributed by atoms with Crippen LogP contribution in [0.25, 0.3) is 11.3 Å². The standard InChI is InChI=1S/C10H9ClF2N4/c11-8-1-7(14)3-15-10(8)6-2-16-17(4-6)5-9(12)13/h1-4,9H,5,14H2. The van der Waals surface area contributed by atoms with Crippen molar-refractivity contribution in [1.82, 2.24) is 14.8 Å². The molecule has 0 aromatic carbocycles. The zero-order valence-corrected chi connectivity index (χ0v) is 9.40. The molecule has 0 aliphatic heterocycles. The molecule has 0 bridgehead atoms. The number of aromatic nitrogens is 3. The second kappa shape index (κ2) is 4.67. The Hall–Kier alpha value is -1.69. The third-order valence-corrected chi connectivity index (χ3v) is 2.38. The number of pyridine rings is 1. The summed E-state index contributed by atoms with van der Waals surface area (Å²) in [5.74, 6) is 0. The highest BCUT2D eigenvalue weighted by atomic mass is 35.5. The van der Waals surface area contributed by atoms with Crippen molar-refractivity contribution in [3.05, 3.63) is 29.7 Å². The van der Waals surface area contributed by atoms with E-state index in [1.54, 1.807) is 6.07 Å². The van der Waals surface area contributed by atoms with Crippen molar-refractivity contribution in [3.63, 3.8) is 0 Å². The predicted octanol–water partition coefficient (Wildman–Crippen LogP) is 2.45. The Morgan fingerprint density at radius 1 is 1.41 bits per heavy atom. The third kappa shape index (κ3) is 2.71. The van der Waals surface area contributed by atoms with Crippen molar-refractivity contribution in [2.75, 3.05) is 5.73 Å². The van der Waals surface area contributed by atoms with Crippen LogP contribution in [0.15, 0.2) is 24.7 Å². The van der Waals surface area contributed by atoms with Crippen LogP contribution >= 0.6 is 11.6 Å². The Morgan fingerprint density at radius 2 is 2.18 bits per heavy atom. The molecule has 90 valence electrons. The molecular weight excluding hydrogens is 250 g/mol. The van der Waals surface area contributed by atoms with Gasteiger partial charge >= 0.3 is 0 Å². The maximum absolute atomic E-state index is 12.1. The highest BCUT2D eigenvalue weighted by Gasteiger charge is 2.10. The SMILES string of the molecule is Nc1cnc(-c2cnn(CC(F)F)c2)c(Cl)c1. The summed E-state index contributed by atoms with van der Waals surface area (Å²) in [5.41, 5.74) is 7.01. The molecule has 2 heterocycles. The quantitative estimate of drug-likeness (QED) is 0.920. The Kier molecular flexibility index (Phi) is 3.23. The van der Waals surface area contributed by atoms with Crippen LogP contribution in [-0.4, -0.2) is 21.2 Å². The van der Waals surface area contributed by atoms with Crippen LogP contribution in [0.4, 0.5) is 14.5 Å². The van der Waals surface area contributed by atoms with E-state index in [0.29, 0.717) is 22.0 Å². The van der Waals surface area contributed by atoms with Gasteiger partial charge in [0.15, 0.2) is 0 Å². The molecule has 0 aliphatic carbocycles. The number of rotatable bonds is 3. The zero-order chi connectivity index (χ0) is 12.4. The highest BCUT2D eigenvalue weighted by molar-refractivity contribution is 6.33. The van der Waals surface area contributed by atoms with Gasteiger partial charge in [-0.3, -0.25) is 9.67 Å². The summed E-state index contributed by atoms with van der Waals surface area (Å²) in [5, 5.41) is 4.17. The number of nitrogens with two attached hydrogens (primary N) is 1. The van der Waals surface area contributed by atoms with Gasteiger partial charge in [0.2, 0.25) is 0 Å². The molecule has 0 atom stereocenters. The Bertz CT molecular complexity index is 527. The van der Waals surface area contributed by atoms with Crippen molar-refractivity contribution in [3.8, 4) is 11.3 Å². The van der Waals surface area contributed by atoms with Crippen LogP contribution in [0, 0.1) is 0 Å². The third-order valence-electron chi connectivity index (χ3n) is 2.09. The summed E-state index contributed by atoms with van der Waals surface area (Å²) in [6.07, 6.45) is 1.91. The van der Waals surface area contributed by atoms with Gasteiger partial charge in [-0.1, -0.05) is 11.6 Å². The minimum absolute atomic E-state index is 0.363. The number of anilines is 1. The molecule has 2 aromatic heterocycles. The fourth-order valence-electron chi connectivity index (χ4n) is 1.39. The maximum Gasteiger partial charge on any atom is 0.257 e.